The summed E-state index contributed by atoms with van der Waals surface area (Å²) >= 11 is 6.26. The number of anilines is 1. The van der Waals surface area contributed by atoms with E-state index in [0.29, 0.717) is 34.9 Å². The van der Waals surface area contributed by atoms with Gasteiger partial charge in [0.1, 0.15) is 0 Å². The van der Waals surface area contributed by atoms with Crippen molar-refractivity contribution in [1.29, 1.82) is 0 Å². The van der Waals surface area contributed by atoms with Gasteiger partial charge in [-0.2, -0.15) is 0 Å². The number of rotatable bonds is 4. The largest absolute Gasteiger partial charge is 0.436 e. The predicted molar refractivity (Wildman–Crippen MR) is 120 cm³/mol. The highest BCUT2D eigenvalue weighted by molar-refractivity contribution is 6.30. The Bertz CT molecular complexity index is 1110. The maximum atomic E-state index is 13.5. The molecular weight excluding hydrogens is 414 g/mol. The maximum absolute atomic E-state index is 13.5. The zero-order valence-corrected chi connectivity index (χ0v) is 19.0. The van der Waals surface area contributed by atoms with Gasteiger partial charge in [-0.05, 0) is 43.9 Å². The quantitative estimate of drug-likeness (QED) is 0.579. The molecule has 1 fully saturated rings. The molecule has 162 valence electrons. The van der Waals surface area contributed by atoms with Crippen molar-refractivity contribution in [2.45, 2.75) is 39.2 Å². The first-order valence-electron chi connectivity index (χ1n) is 10.4. The Labute approximate surface area is 187 Å². The molecular formula is C23H26ClN5O2. The number of aryl methyl sites for hydroxylation is 2. The van der Waals surface area contributed by atoms with Gasteiger partial charge in [-0.1, -0.05) is 23.7 Å². The van der Waals surface area contributed by atoms with Gasteiger partial charge in [0.2, 0.25) is 11.7 Å². The van der Waals surface area contributed by atoms with Crippen molar-refractivity contribution in [2.75, 3.05) is 25.5 Å². The standard InChI is InChI=1S/C23H26ClN5O2/c1-14-21(31-15(2)26-14)22(30)29-11-6-5-10-19(29)20-18(13-25-23(27-20)28(3)4)16-8-7-9-17(24)12-16/h7-9,12-13,19H,5-6,10-11H2,1-4H3/t19-/m1/s1. The van der Waals surface area contributed by atoms with Crippen LogP contribution in [0.25, 0.3) is 11.1 Å². The van der Waals surface area contributed by atoms with E-state index in [0.717, 1.165) is 36.1 Å². The highest BCUT2D eigenvalue weighted by Gasteiger charge is 2.34. The molecule has 0 saturated carbocycles. The minimum absolute atomic E-state index is 0.148. The Morgan fingerprint density at radius 2 is 2.03 bits per heavy atom. The van der Waals surface area contributed by atoms with Gasteiger partial charge >= 0.3 is 0 Å². The van der Waals surface area contributed by atoms with Crippen LogP contribution in [0, 0.1) is 13.8 Å². The number of hydrogen-bond acceptors (Lipinski definition) is 6. The number of oxazole rings is 1. The SMILES string of the molecule is Cc1nc(C)c(C(=O)N2CCCC[C@@H]2c2nc(N(C)C)ncc2-c2cccc(Cl)c2)o1. The fraction of sp³-hybridized carbons (Fsp3) is 0.391. The molecule has 31 heavy (non-hydrogen) atoms. The van der Waals surface area contributed by atoms with Gasteiger partial charge in [0, 0.05) is 44.3 Å². The van der Waals surface area contributed by atoms with Crippen LogP contribution < -0.4 is 4.90 Å². The predicted octanol–water partition coefficient (Wildman–Crippen LogP) is 4.84. The molecule has 0 unspecified atom stereocenters. The highest BCUT2D eigenvalue weighted by atomic mass is 35.5. The number of amides is 1. The molecule has 8 heteroatoms. The van der Waals surface area contributed by atoms with E-state index in [1.54, 1.807) is 13.8 Å². The summed E-state index contributed by atoms with van der Waals surface area (Å²) in [6.07, 6.45) is 4.59. The summed E-state index contributed by atoms with van der Waals surface area (Å²) in [5, 5.41) is 0.643. The molecule has 1 saturated heterocycles. The number of likely N-dealkylation sites (tertiary alicyclic amines) is 1. The molecule has 0 N–H and O–H groups in total. The molecule has 3 aromatic rings. The molecule has 1 aliphatic rings. The van der Waals surface area contributed by atoms with E-state index < -0.39 is 0 Å². The molecule has 1 aliphatic heterocycles. The molecule has 3 heterocycles. The van der Waals surface area contributed by atoms with Gasteiger partial charge in [0.15, 0.2) is 5.89 Å². The highest BCUT2D eigenvalue weighted by Crippen LogP contribution is 2.38. The first-order chi connectivity index (χ1) is 14.8. The number of nitrogens with zero attached hydrogens (tertiary/aromatic N) is 5. The smallest absolute Gasteiger partial charge is 0.292 e. The summed E-state index contributed by atoms with van der Waals surface area (Å²) in [6.45, 7) is 4.19. The third-order valence-electron chi connectivity index (χ3n) is 5.52. The van der Waals surface area contributed by atoms with Crippen molar-refractivity contribution >= 4 is 23.5 Å². The fourth-order valence-corrected chi connectivity index (χ4v) is 4.24. The van der Waals surface area contributed by atoms with Crippen molar-refractivity contribution in [3.63, 3.8) is 0 Å². The number of piperidine rings is 1. The molecule has 0 aliphatic carbocycles. The van der Waals surface area contributed by atoms with Crippen molar-refractivity contribution in [3.05, 3.63) is 58.5 Å². The molecule has 1 atom stereocenters. The van der Waals surface area contributed by atoms with E-state index in [-0.39, 0.29) is 11.9 Å². The van der Waals surface area contributed by atoms with Crippen molar-refractivity contribution in [3.8, 4) is 11.1 Å². The summed E-state index contributed by atoms with van der Waals surface area (Å²) in [7, 11) is 3.81. The Morgan fingerprint density at radius 3 is 2.71 bits per heavy atom. The Kier molecular flexibility index (Phi) is 5.96. The average molecular weight is 440 g/mol. The average Bonchev–Trinajstić information content (AvgIpc) is 3.10. The number of aromatic nitrogens is 3. The van der Waals surface area contributed by atoms with Gasteiger partial charge in [-0.3, -0.25) is 4.79 Å². The molecule has 7 nitrogen and oxygen atoms in total. The molecule has 1 aromatic carbocycles. The molecule has 1 amide bonds. The van der Waals surface area contributed by atoms with Crippen LogP contribution >= 0.6 is 11.6 Å². The fourth-order valence-electron chi connectivity index (χ4n) is 4.05. The van der Waals surface area contributed by atoms with Crippen LogP contribution in [0.4, 0.5) is 5.95 Å². The monoisotopic (exact) mass is 439 g/mol. The van der Waals surface area contributed by atoms with Crippen molar-refractivity contribution in [2.24, 2.45) is 0 Å². The van der Waals surface area contributed by atoms with Gasteiger partial charge in [-0.15, -0.1) is 0 Å². The first-order valence-corrected chi connectivity index (χ1v) is 10.8. The van der Waals surface area contributed by atoms with Crippen molar-refractivity contribution < 1.29 is 9.21 Å². The third kappa shape index (κ3) is 4.28. The summed E-state index contributed by atoms with van der Waals surface area (Å²) < 4.78 is 5.65. The van der Waals surface area contributed by atoms with Gasteiger partial charge in [0.05, 0.1) is 17.4 Å². The summed E-state index contributed by atoms with van der Waals surface area (Å²) in [4.78, 5) is 30.9. The topological polar surface area (TPSA) is 75.4 Å². The lowest BCUT2D eigenvalue weighted by Gasteiger charge is -2.36. The molecule has 2 aromatic heterocycles. The Hall–Kier alpha value is -2.93. The van der Waals surface area contributed by atoms with Crippen LogP contribution in [-0.2, 0) is 0 Å². The van der Waals surface area contributed by atoms with E-state index in [4.69, 9.17) is 21.0 Å². The Balaban J connectivity index is 1.82. The molecule has 0 bridgehead atoms. The maximum Gasteiger partial charge on any atom is 0.292 e. The van der Waals surface area contributed by atoms with Crippen LogP contribution in [-0.4, -0.2) is 46.4 Å². The molecule has 0 spiro atoms. The first kappa shape index (κ1) is 21.3. The van der Waals surface area contributed by atoms with E-state index >= 15 is 0 Å². The lowest BCUT2D eigenvalue weighted by atomic mass is 9.93. The summed E-state index contributed by atoms with van der Waals surface area (Å²) in [5.74, 6) is 1.25. The van der Waals surface area contributed by atoms with Crippen molar-refractivity contribution in [1.82, 2.24) is 19.9 Å². The normalized spacial score (nSPS) is 16.4. The lowest BCUT2D eigenvalue weighted by molar-refractivity contribution is 0.0572. The van der Waals surface area contributed by atoms with Gasteiger partial charge in [0.25, 0.3) is 5.91 Å². The molecule has 0 radical (unpaired) electrons. The van der Waals surface area contributed by atoms with Gasteiger partial charge < -0.3 is 14.2 Å². The second-order valence-corrected chi connectivity index (χ2v) is 8.47. The van der Waals surface area contributed by atoms with Crippen LogP contribution in [0.3, 0.4) is 0 Å². The third-order valence-corrected chi connectivity index (χ3v) is 5.75. The van der Waals surface area contributed by atoms with E-state index in [2.05, 4.69) is 9.97 Å². The number of halogens is 1. The second-order valence-electron chi connectivity index (χ2n) is 8.03. The number of carbonyl (C=O) groups excluding carboxylic acids is 1. The van der Waals surface area contributed by atoms with E-state index in [1.165, 1.54) is 0 Å². The summed E-state index contributed by atoms with van der Waals surface area (Å²) in [6, 6.07) is 7.44. The number of hydrogen-bond donors (Lipinski definition) is 0. The van der Waals surface area contributed by atoms with E-state index in [1.807, 2.05) is 54.4 Å². The van der Waals surface area contributed by atoms with E-state index in [9.17, 15) is 4.79 Å². The zero-order valence-electron chi connectivity index (χ0n) is 18.2. The second kappa shape index (κ2) is 8.67. The van der Waals surface area contributed by atoms with Crippen LogP contribution in [0.1, 0.15) is 53.1 Å². The van der Waals surface area contributed by atoms with Crippen LogP contribution in [0.5, 0.6) is 0 Å². The Morgan fingerprint density at radius 1 is 1.23 bits per heavy atom. The van der Waals surface area contributed by atoms with Crippen LogP contribution in [0.2, 0.25) is 5.02 Å². The minimum Gasteiger partial charge on any atom is -0.436 e. The number of benzene rings is 1. The lowest BCUT2D eigenvalue weighted by Crippen LogP contribution is -2.39. The zero-order chi connectivity index (χ0) is 22.1. The number of carbonyl (C=O) groups is 1. The van der Waals surface area contributed by atoms with Gasteiger partial charge in [-0.25, -0.2) is 15.0 Å². The minimum atomic E-state index is -0.193. The summed E-state index contributed by atoms with van der Waals surface area (Å²) in [5.41, 5.74) is 3.24. The van der Waals surface area contributed by atoms with Crippen LogP contribution in [0.15, 0.2) is 34.9 Å². The molecule has 4 rings (SSSR count).